The van der Waals surface area contributed by atoms with Crippen LogP contribution in [0.1, 0.15) is 24.5 Å². The number of anilines is 2. The predicted octanol–water partition coefficient (Wildman–Crippen LogP) is 4.01. The van der Waals surface area contributed by atoms with E-state index in [1.165, 1.54) is 15.6 Å². The highest BCUT2D eigenvalue weighted by Crippen LogP contribution is 2.28. The van der Waals surface area contributed by atoms with E-state index in [2.05, 4.69) is 34.5 Å². The summed E-state index contributed by atoms with van der Waals surface area (Å²) in [5, 5.41) is 2.92. The predicted molar refractivity (Wildman–Crippen MR) is 137 cm³/mol. The van der Waals surface area contributed by atoms with Crippen LogP contribution < -0.4 is 14.5 Å². The Morgan fingerprint density at radius 2 is 1.68 bits per heavy atom. The summed E-state index contributed by atoms with van der Waals surface area (Å²) >= 11 is 0. The van der Waals surface area contributed by atoms with E-state index in [1.54, 1.807) is 42.5 Å². The van der Waals surface area contributed by atoms with E-state index in [9.17, 15) is 13.2 Å². The van der Waals surface area contributed by atoms with Crippen LogP contribution in [0.2, 0.25) is 0 Å². The monoisotopic (exact) mass is 477 g/mol. The SMILES string of the molecule is CCc1ccccc1N(CC(=O)NCCCN1CCc2ccccc21)S(=O)(=O)c1ccccc1. The van der Waals surface area contributed by atoms with Crippen molar-refractivity contribution in [3.8, 4) is 0 Å². The molecular formula is C27H31N3O3S. The molecule has 0 unspecified atom stereocenters. The van der Waals surface area contributed by atoms with Gasteiger partial charge in [0.15, 0.2) is 0 Å². The van der Waals surface area contributed by atoms with Crippen LogP contribution >= 0.6 is 0 Å². The number of amides is 1. The number of hydrogen-bond acceptors (Lipinski definition) is 4. The Kier molecular flexibility index (Phi) is 7.53. The van der Waals surface area contributed by atoms with Crippen LogP contribution in [-0.4, -0.2) is 40.5 Å². The van der Waals surface area contributed by atoms with Gasteiger partial charge >= 0.3 is 0 Å². The minimum atomic E-state index is -3.89. The average molecular weight is 478 g/mol. The van der Waals surface area contributed by atoms with Gasteiger partial charge in [-0.05, 0) is 54.7 Å². The molecule has 0 spiro atoms. The maximum absolute atomic E-state index is 13.5. The van der Waals surface area contributed by atoms with Gasteiger partial charge in [-0.3, -0.25) is 9.10 Å². The van der Waals surface area contributed by atoms with E-state index in [4.69, 9.17) is 0 Å². The lowest BCUT2D eigenvalue weighted by Gasteiger charge is -2.26. The van der Waals surface area contributed by atoms with Gasteiger partial charge in [-0.25, -0.2) is 8.42 Å². The maximum Gasteiger partial charge on any atom is 0.264 e. The van der Waals surface area contributed by atoms with Crippen molar-refractivity contribution in [2.24, 2.45) is 0 Å². The van der Waals surface area contributed by atoms with Gasteiger partial charge in [-0.1, -0.05) is 61.5 Å². The van der Waals surface area contributed by atoms with Crippen LogP contribution in [0.4, 0.5) is 11.4 Å². The zero-order chi connectivity index (χ0) is 24.0. The van der Waals surface area contributed by atoms with Gasteiger partial charge in [0.25, 0.3) is 10.0 Å². The Labute approximate surface area is 202 Å². The summed E-state index contributed by atoms with van der Waals surface area (Å²) in [6, 6.07) is 24.0. The molecular weight excluding hydrogens is 446 g/mol. The molecule has 1 aliphatic rings. The quantitative estimate of drug-likeness (QED) is 0.448. The first-order valence-corrected chi connectivity index (χ1v) is 13.2. The summed E-state index contributed by atoms with van der Waals surface area (Å²) in [7, 11) is -3.89. The summed E-state index contributed by atoms with van der Waals surface area (Å²) in [5.74, 6) is -0.313. The number of sulfonamides is 1. The lowest BCUT2D eigenvalue weighted by atomic mass is 10.1. The minimum Gasteiger partial charge on any atom is -0.371 e. The van der Waals surface area contributed by atoms with Crippen LogP contribution in [0.5, 0.6) is 0 Å². The van der Waals surface area contributed by atoms with Crippen molar-refractivity contribution in [1.29, 1.82) is 0 Å². The minimum absolute atomic E-state index is 0.168. The molecule has 7 heteroatoms. The number of carbonyl (C=O) groups is 1. The van der Waals surface area contributed by atoms with Crippen LogP contribution in [0, 0.1) is 0 Å². The fraction of sp³-hybridized carbons (Fsp3) is 0.296. The molecule has 6 nitrogen and oxygen atoms in total. The number of carbonyl (C=O) groups excluding carboxylic acids is 1. The van der Waals surface area contributed by atoms with E-state index in [0.717, 1.165) is 31.5 Å². The Bertz CT molecular complexity index is 1230. The third kappa shape index (κ3) is 5.25. The second-order valence-electron chi connectivity index (χ2n) is 8.38. The van der Waals surface area contributed by atoms with Gasteiger partial charge in [-0.15, -0.1) is 0 Å². The molecule has 1 amide bonds. The smallest absolute Gasteiger partial charge is 0.264 e. The summed E-state index contributed by atoms with van der Waals surface area (Å²) in [4.78, 5) is 15.4. The molecule has 178 valence electrons. The molecule has 3 aromatic rings. The maximum atomic E-state index is 13.5. The average Bonchev–Trinajstić information content (AvgIpc) is 3.28. The first kappa shape index (κ1) is 23.8. The number of fused-ring (bicyclic) bond motifs is 1. The Morgan fingerprint density at radius 1 is 0.971 bits per heavy atom. The van der Waals surface area contributed by atoms with Crippen molar-refractivity contribution in [3.05, 3.63) is 90.0 Å². The molecule has 4 rings (SSSR count). The summed E-state index contributed by atoms with van der Waals surface area (Å²) in [6.07, 6.45) is 2.50. The van der Waals surface area contributed by atoms with E-state index in [0.29, 0.717) is 18.7 Å². The highest BCUT2D eigenvalue weighted by atomic mass is 32.2. The van der Waals surface area contributed by atoms with Gasteiger partial charge in [-0.2, -0.15) is 0 Å². The summed E-state index contributed by atoms with van der Waals surface area (Å²) in [5.41, 5.74) is 4.05. The molecule has 34 heavy (non-hydrogen) atoms. The molecule has 1 aliphatic heterocycles. The molecule has 0 aromatic heterocycles. The normalized spacial score (nSPS) is 12.9. The number of hydrogen-bond donors (Lipinski definition) is 1. The number of aryl methyl sites for hydroxylation is 1. The van der Waals surface area contributed by atoms with E-state index in [-0.39, 0.29) is 17.3 Å². The Balaban J connectivity index is 1.43. The van der Waals surface area contributed by atoms with Crippen molar-refractivity contribution in [2.75, 3.05) is 35.4 Å². The number of nitrogens with one attached hydrogen (secondary N) is 1. The molecule has 1 heterocycles. The van der Waals surface area contributed by atoms with Crippen LogP contribution in [0.25, 0.3) is 0 Å². The molecule has 0 atom stereocenters. The molecule has 0 saturated heterocycles. The molecule has 0 radical (unpaired) electrons. The Hall–Kier alpha value is -3.32. The summed E-state index contributed by atoms with van der Waals surface area (Å²) < 4.78 is 28.2. The van der Waals surface area contributed by atoms with Gasteiger partial charge in [0, 0.05) is 25.3 Å². The topological polar surface area (TPSA) is 69.7 Å². The second-order valence-corrected chi connectivity index (χ2v) is 10.2. The van der Waals surface area contributed by atoms with Crippen molar-refractivity contribution in [3.63, 3.8) is 0 Å². The lowest BCUT2D eigenvalue weighted by molar-refractivity contribution is -0.119. The fourth-order valence-corrected chi connectivity index (χ4v) is 5.88. The number of rotatable bonds is 10. The van der Waals surface area contributed by atoms with Crippen molar-refractivity contribution in [1.82, 2.24) is 5.32 Å². The third-order valence-electron chi connectivity index (χ3n) is 6.17. The highest BCUT2D eigenvalue weighted by molar-refractivity contribution is 7.92. The molecule has 0 aliphatic carbocycles. The first-order valence-electron chi connectivity index (χ1n) is 11.8. The fourth-order valence-electron chi connectivity index (χ4n) is 4.40. The largest absolute Gasteiger partial charge is 0.371 e. The van der Waals surface area contributed by atoms with E-state index >= 15 is 0 Å². The standard InChI is InChI=1S/C27H31N3O3S/c1-2-22-11-6-9-16-26(22)30(34(32,33)24-13-4-3-5-14-24)21-27(31)28-18-10-19-29-20-17-23-12-7-8-15-25(23)29/h3-9,11-16H,2,10,17-21H2,1H3,(H,28,31). The zero-order valence-corrected chi connectivity index (χ0v) is 20.3. The van der Waals surface area contributed by atoms with Crippen molar-refractivity contribution in [2.45, 2.75) is 31.1 Å². The van der Waals surface area contributed by atoms with Gasteiger partial charge in [0.2, 0.25) is 5.91 Å². The molecule has 0 bridgehead atoms. The number of benzene rings is 3. The Morgan fingerprint density at radius 3 is 2.47 bits per heavy atom. The van der Waals surface area contributed by atoms with Crippen molar-refractivity contribution < 1.29 is 13.2 Å². The van der Waals surface area contributed by atoms with E-state index < -0.39 is 10.0 Å². The molecule has 0 saturated carbocycles. The molecule has 1 N–H and O–H groups in total. The van der Waals surface area contributed by atoms with Crippen LogP contribution in [-0.2, 0) is 27.7 Å². The van der Waals surface area contributed by atoms with Crippen LogP contribution in [0.3, 0.4) is 0 Å². The number of para-hydroxylation sites is 2. The zero-order valence-electron chi connectivity index (χ0n) is 19.5. The van der Waals surface area contributed by atoms with Gasteiger partial charge < -0.3 is 10.2 Å². The van der Waals surface area contributed by atoms with E-state index in [1.807, 2.05) is 19.1 Å². The third-order valence-corrected chi connectivity index (χ3v) is 7.94. The van der Waals surface area contributed by atoms with Crippen LogP contribution in [0.15, 0.2) is 83.8 Å². The lowest BCUT2D eigenvalue weighted by Crippen LogP contribution is -2.42. The van der Waals surface area contributed by atoms with Crippen molar-refractivity contribution >= 4 is 27.3 Å². The highest BCUT2D eigenvalue weighted by Gasteiger charge is 2.28. The molecule has 3 aromatic carbocycles. The number of nitrogens with zero attached hydrogens (tertiary/aromatic N) is 2. The second kappa shape index (κ2) is 10.7. The first-order chi connectivity index (χ1) is 16.5. The molecule has 0 fully saturated rings. The summed E-state index contributed by atoms with van der Waals surface area (Å²) in [6.45, 7) is 4.04. The van der Waals surface area contributed by atoms with Gasteiger partial charge in [0.1, 0.15) is 6.54 Å². The van der Waals surface area contributed by atoms with Gasteiger partial charge in [0.05, 0.1) is 10.6 Å².